The van der Waals surface area contributed by atoms with Crippen molar-refractivity contribution in [3.05, 3.63) is 64.2 Å². The normalized spacial score (nSPS) is 10.2. The molecule has 0 N–H and O–H groups in total. The molecule has 7 heteroatoms. The van der Waals surface area contributed by atoms with Crippen molar-refractivity contribution in [1.29, 1.82) is 0 Å². The molecule has 126 valence electrons. The summed E-state index contributed by atoms with van der Waals surface area (Å²) in [5.74, 6) is 0.344. The smallest absolute Gasteiger partial charge is 0.269 e. The van der Waals surface area contributed by atoms with Gasteiger partial charge in [-0.05, 0) is 30.3 Å². The highest BCUT2D eigenvalue weighted by Crippen LogP contribution is 2.21. The average molecular weight is 330 g/mol. The molecule has 2 rings (SSSR count). The van der Waals surface area contributed by atoms with E-state index < -0.39 is 4.92 Å². The molecule has 0 heterocycles. The Morgan fingerprint density at radius 2 is 1.88 bits per heavy atom. The van der Waals surface area contributed by atoms with Gasteiger partial charge in [0.1, 0.15) is 12.4 Å². The second-order valence-electron chi connectivity index (χ2n) is 5.01. The monoisotopic (exact) mass is 330 g/mol. The van der Waals surface area contributed by atoms with Crippen LogP contribution in [0.25, 0.3) is 0 Å². The minimum atomic E-state index is -0.480. The van der Waals surface area contributed by atoms with Gasteiger partial charge in [0.2, 0.25) is 0 Å². The second kappa shape index (κ2) is 8.07. The molecular weight excluding hydrogens is 312 g/mol. The number of nitrogens with zero attached hydrogens (tertiary/aromatic N) is 2. The molecule has 0 spiro atoms. The van der Waals surface area contributed by atoms with Crippen LogP contribution >= 0.6 is 0 Å². The van der Waals surface area contributed by atoms with Crippen LogP contribution in [0, 0.1) is 10.1 Å². The fourth-order valence-corrected chi connectivity index (χ4v) is 2.07. The summed E-state index contributed by atoms with van der Waals surface area (Å²) >= 11 is 0. The van der Waals surface area contributed by atoms with Crippen molar-refractivity contribution in [3.8, 4) is 5.75 Å². The van der Waals surface area contributed by atoms with E-state index in [0.717, 1.165) is 0 Å². The number of rotatable bonds is 7. The number of carbonyl (C=O) groups excluding carboxylic acids is 1. The van der Waals surface area contributed by atoms with Gasteiger partial charge in [0.25, 0.3) is 11.6 Å². The first-order valence-corrected chi connectivity index (χ1v) is 7.27. The van der Waals surface area contributed by atoms with Crippen LogP contribution in [-0.4, -0.2) is 38.2 Å². The maximum absolute atomic E-state index is 12.6. The Balaban J connectivity index is 2.12. The Labute approximate surface area is 139 Å². The summed E-state index contributed by atoms with van der Waals surface area (Å²) in [6.45, 7) is 0.854. The van der Waals surface area contributed by atoms with Gasteiger partial charge in [-0.25, -0.2) is 0 Å². The van der Waals surface area contributed by atoms with Crippen LogP contribution in [0.1, 0.15) is 10.4 Å². The van der Waals surface area contributed by atoms with Gasteiger partial charge in [-0.1, -0.05) is 6.07 Å². The average Bonchev–Trinajstić information content (AvgIpc) is 2.61. The fraction of sp³-hybridized carbons (Fsp3) is 0.235. The summed E-state index contributed by atoms with van der Waals surface area (Å²) in [5.41, 5.74) is 1.01. The molecule has 2 aromatic carbocycles. The number of ether oxygens (including phenoxy) is 2. The number of nitro groups is 1. The predicted octanol–water partition coefficient (Wildman–Crippen LogP) is 2.90. The second-order valence-corrected chi connectivity index (χ2v) is 5.01. The van der Waals surface area contributed by atoms with Crippen molar-refractivity contribution < 1.29 is 19.2 Å². The van der Waals surface area contributed by atoms with Gasteiger partial charge in [-0.2, -0.15) is 0 Å². The number of nitro benzene ring substituents is 1. The van der Waals surface area contributed by atoms with Crippen LogP contribution in [-0.2, 0) is 4.74 Å². The number of anilines is 1. The van der Waals surface area contributed by atoms with E-state index in [9.17, 15) is 14.9 Å². The first-order chi connectivity index (χ1) is 11.5. The number of non-ortho nitro benzene ring substituents is 1. The molecule has 7 nitrogen and oxygen atoms in total. The van der Waals surface area contributed by atoms with E-state index in [4.69, 9.17) is 9.47 Å². The maximum atomic E-state index is 12.6. The van der Waals surface area contributed by atoms with Gasteiger partial charge in [0, 0.05) is 37.5 Å². The Hall–Kier alpha value is -2.93. The number of carbonyl (C=O) groups is 1. The first-order valence-electron chi connectivity index (χ1n) is 7.27. The van der Waals surface area contributed by atoms with Gasteiger partial charge in [0.05, 0.1) is 11.5 Å². The lowest BCUT2D eigenvalue weighted by molar-refractivity contribution is -0.384. The number of methoxy groups -OCH3 is 1. The van der Waals surface area contributed by atoms with Gasteiger partial charge >= 0.3 is 0 Å². The number of hydrogen-bond acceptors (Lipinski definition) is 5. The van der Waals surface area contributed by atoms with E-state index in [1.165, 1.54) is 29.2 Å². The Morgan fingerprint density at radius 3 is 2.50 bits per heavy atom. The molecule has 24 heavy (non-hydrogen) atoms. The highest BCUT2D eigenvalue weighted by Gasteiger charge is 2.15. The lowest BCUT2D eigenvalue weighted by Gasteiger charge is -2.17. The third kappa shape index (κ3) is 4.30. The van der Waals surface area contributed by atoms with E-state index in [-0.39, 0.29) is 11.6 Å². The Morgan fingerprint density at radius 1 is 1.17 bits per heavy atom. The molecule has 2 aromatic rings. The van der Waals surface area contributed by atoms with Crippen LogP contribution in [0.15, 0.2) is 48.5 Å². The quantitative estimate of drug-likeness (QED) is 0.443. The Bertz CT molecular complexity index is 715. The van der Waals surface area contributed by atoms with Crippen LogP contribution in [0.2, 0.25) is 0 Å². The molecule has 0 fully saturated rings. The number of benzene rings is 2. The summed E-state index contributed by atoms with van der Waals surface area (Å²) < 4.78 is 10.4. The van der Waals surface area contributed by atoms with E-state index in [1.807, 2.05) is 0 Å². The first kappa shape index (κ1) is 17.4. The molecule has 0 saturated heterocycles. The highest BCUT2D eigenvalue weighted by atomic mass is 16.6. The summed E-state index contributed by atoms with van der Waals surface area (Å²) in [4.78, 5) is 24.2. The standard InChI is InChI=1S/C17H18N2O5/c1-18(14-6-8-15(9-7-14)19(21)22)17(20)13-4-3-5-16(12-13)24-11-10-23-2/h3-9,12H,10-11H2,1-2H3. The van der Waals surface area contributed by atoms with Gasteiger partial charge in [-0.15, -0.1) is 0 Å². The fourth-order valence-electron chi connectivity index (χ4n) is 2.07. The van der Waals surface area contributed by atoms with Crippen LogP contribution in [0.4, 0.5) is 11.4 Å². The van der Waals surface area contributed by atoms with E-state index in [0.29, 0.717) is 30.2 Å². The largest absolute Gasteiger partial charge is 0.491 e. The molecule has 0 aromatic heterocycles. The predicted molar refractivity (Wildman–Crippen MR) is 89.6 cm³/mol. The number of amides is 1. The zero-order chi connectivity index (χ0) is 17.5. The topological polar surface area (TPSA) is 81.9 Å². The lowest BCUT2D eigenvalue weighted by atomic mass is 10.1. The molecule has 0 atom stereocenters. The molecule has 0 aliphatic rings. The minimum absolute atomic E-state index is 0.0202. The molecule has 1 amide bonds. The van der Waals surface area contributed by atoms with E-state index >= 15 is 0 Å². The molecule has 0 radical (unpaired) electrons. The molecule has 0 aliphatic heterocycles. The minimum Gasteiger partial charge on any atom is -0.491 e. The van der Waals surface area contributed by atoms with Gasteiger partial charge in [-0.3, -0.25) is 14.9 Å². The van der Waals surface area contributed by atoms with E-state index in [1.54, 1.807) is 38.4 Å². The van der Waals surface area contributed by atoms with Crippen molar-refractivity contribution in [1.82, 2.24) is 0 Å². The third-order valence-corrected chi connectivity index (χ3v) is 3.39. The summed E-state index contributed by atoms with van der Waals surface area (Å²) in [5, 5.41) is 10.7. The molecule has 0 unspecified atom stereocenters. The van der Waals surface area contributed by atoms with Crippen molar-refractivity contribution in [3.63, 3.8) is 0 Å². The maximum Gasteiger partial charge on any atom is 0.269 e. The van der Waals surface area contributed by atoms with Crippen molar-refractivity contribution in [2.24, 2.45) is 0 Å². The van der Waals surface area contributed by atoms with Crippen LogP contribution in [0.5, 0.6) is 5.75 Å². The summed E-state index contributed by atoms with van der Waals surface area (Å²) in [7, 11) is 3.20. The number of hydrogen-bond donors (Lipinski definition) is 0. The molecule has 0 aliphatic carbocycles. The van der Waals surface area contributed by atoms with Crippen molar-refractivity contribution in [2.75, 3.05) is 32.3 Å². The molecule has 0 saturated carbocycles. The van der Waals surface area contributed by atoms with Gasteiger partial charge in [0.15, 0.2) is 0 Å². The lowest BCUT2D eigenvalue weighted by Crippen LogP contribution is -2.26. The van der Waals surface area contributed by atoms with Crippen molar-refractivity contribution in [2.45, 2.75) is 0 Å². The van der Waals surface area contributed by atoms with Gasteiger partial charge < -0.3 is 14.4 Å². The summed E-state index contributed by atoms with van der Waals surface area (Å²) in [6.07, 6.45) is 0. The highest BCUT2D eigenvalue weighted by molar-refractivity contribution is 6.05. The zero-order valence-corrected chi connectivity index (χ0v) is 13.5. The van der Waals surface area contributed by atoms with Crippen LogP contribution < -0.4 is 9.64 Å². The molecular formula is C17H18N2O5. The van der Waals surface area contributed by atoms with Crippen molar-refractivity contribution >= 4 is 17.3 Å². The Kier molecular flexibility index (Phi) is 5.86. The molecule has 0 bridgehead atoms. The SMILES string of the molecule is COCCOc1cccc(C(=O)N(C)c2ccc([N+](=O)[O-])cc2)c1. The van der Waals surface area contributed by atoms with E-state index in [2.05, 4.69) is 0 Å². The van der Waals surface area contributed by atoms with Crippen LogP contribution in [0.3, 0.4) is 0 Å². The zero-order valence-electron chi connectivity index (χ0n) is 13.5. The summed E-state index contributed by atoms with van der Waals surface area (Å²) in [6, 6.07) is 12.6. The third-order valence-electron chi connectivity index (χ3n) is 3.39.